The lowest BCUT2D eigenvalue weighted by molar-refractivity contribution is 1.09. The molecule has 0 amide bonds. The molecule has 2 heterocycles. The van der Waals surface area contributed by atoms with Crippen molar-refractivity contribution in [3.05, 3.63) is 41.1 Å². The molecule has 3 nitrogen and oxygen atoms in total. The van der Waals surface area contributed by atoms with Gasteiger partial charge in [-0.2, -0.15) is 0 Å². The number of rotatable bonds is 2. The summed E-state index contributed by atoms with van der Waals surface area (Å²) in [7, 11) is 0. The van der Waals surface area contributed by atoms with Crippen molar-refractivity contribution in [3.8, 4) is 0 Å². The van der Waals surface area contributed by atoms with E-state index in [1.807, 2.05) is 24.3 Å². The van der Waals surface area contributed by atoms with Crippen molar-refractivity contribution < 1.29 is 0 Å². The first kappa shape index (κ1) is 10.4. The first-order valence-electron chi connectivity index (χ1n) is 4.25. The average Bonchev–Trinajstić information content (AvgIpc) is 2.24. The van der Waals surface area contributed by atoms with Crippen molar-refractivity contribution >= 4 is 33.4 Å². The van der Waals surface area contributed by atoms with E-state index < -0.39 is 0 Å². The highest BCUT2D eigenvalue weighted by molar-refractivity contribution is 9.10. The van der Waals surface area contributed by atoms with Gasteiger partial charge in [-0.25, -0.2) is 9.97 Å². The predicted octanol–water partition coefficient (Wildman–Crippen LogP) is 2.97. The van der Waals surface area contributed by atoms with Gasteiger partial charge in [-0.05, 0) is 45.9 Å². The summed E-state index contributed by atoms with van der Waals surface area (Å²) in [6, 6.07) is 7.57. The fourth-order valence-electron chi connectivity index (χ4n) is 1.03. The lowest BCUT2D eigenvalue weighted by Gasteiger charge is -2.03. The van der Waals surface area contributed by atoms with Gasteiger partial charge >= 0.3 is 0 Å². The molecular formula is C10H8BrN3S. The van der Waals surface area contributed by atoms with Crippen LogP contribution in [-0.4, -0.2) is 9.97 Å². The van der Waals surface area contributed by atoms with Crippen LogP contribution >= 0.6 is 27.7 Å². The molecular weight excluding hydrogens is 274 g/mol. The zero-order chi connectivity index (χ0) is 10.7. The minimum Gasteiger partial charge on any atom is -0.397 e. The Labute approximate surface area is 100 Å². The van der Waals surface area contributed by atoms with E-state index >= 15 is 0 Å². The molecule has 0 spiro atoms. The highest BCUT2D eigenvalue weighted by Gasteiger charge is 2.04. The SMILES string of the molecule is Nc1cc(Br)cnc1Sc1ccccn1. The molecule has 0 saturated carbocycles. The van der Waals surface area contributed by atoms with Gasteiger partial charge in [0.25, 0.3) is 0 Å². The van der Waals surface area contributed by atoms with E-state index in [-0.39, 0.29) is 0 Å². The van der Waals surface area contributed by atoms with Crippen molar-refractivity contribution in [2.45, 2.75) is 10.1 Å². The molecule has 15 heavy (non-hydrogen) atoms. The van der Waals surface area contributed by atoms with E-state index in [1.165, 1.54) is 11.8 Å². The van der Waals surface area contributed by atoms with Gasteiger partial charge in [-0.3, -0.25) is 0 Å². The molecule has 2 rings (SSSR count). The Morgan fingerprint density at radius 2 is 2.13 bits per heavy atom. The zero-order valence-electron chi connectivity index (χ0n) is 7.72. The van der Waals surface area contributed by atoms with Crippen LogP contribution in [0.25, 0.3) is 0 Å². The van der Waals surface area contributed by atoms with Gasteiger partial charge in [0, 0.05) is 16.9 Å². The van der Waals surface area contributed by atoms with Gasteiger partial charge in [0.1, 0.15) is 10.1 Å². The zero-order valence-corrected chi connectivity index (χ0v) is 10.1. The predicted molar refractivity (Wildman–Crippen MR) is 64.7 cm³/mol. The molecule has 0 unspecified atom stereocenters. The number of anilines is 1. The van der Waals surface area contributed by atoms with Crippen molar-refractivity contribution in [1.82, 2.24) is 9.97 Å². The van der Waals surface area contributed by atoms with Crippen LogP contribution in [-0.2, 0) is 0 Å². The number of hydrogen-bond donors (Lipinski definition) is 1. The Balaban J connectivity index is 2.25. The molecule has 2 aromatic heterocycles. The first-order valence-corrected chi connectivity index (χ1v) is 5.86. The van der Waals surface area contributed by atoms with E-state index in [0.29, 0.717) is 5.69 Å². The Bertz CT molecular complexity index is 461. The monoisotopic (exact) mass is 281 g/mol. The Kier molecular flexibility index (Phi) is 3.23. The number of nitrogens with zero attached hydrogens (tertiary/aromatic N) is 2. The molecule has 0 aliphatic rings. The smallest absolute Gasteiger partial charge is 0.125 e. The minimum atomic E-state index is 0.653. The summed E-state index contributed by atoms with van der Waals surface area (Å²) in [4.78, 5) is 8.42. The molecule has 0 bridgehead atoms. The lowest BCUT2D eigenvalue weighted by Crippen LogP contribution is -1.91. The average molecular weight is 282 g/mol. The standard InChI is InChI=1S/C10H8BrN3S/c11-7-5-8(12)10(14-6-7)15-9-3-1-2-4-13-9/h1-6H,12H2. The molecule has 0 aliphatic heterocycles. The minimum absolute atomic E-state index is 0.653. The summed E-state index contributed by atoms with van der Waals surface area (Å²) < 4.78 is 0.880. The molecule has 0 aliphatic carbocycles. The second kappa shape index (κ2) is 4.63. The summed E-state index contributed by atoms with van der Waals surface area (Å²) in [5.41, 5.74) is 6.48. The topological polar surface area (TPSA) is 51.8 Å². The highest BCUT2D eigenvalue weighted by Crippen LogP contribution is 2.29. The molecule has 2 aromatic rings. The summed E-state index contributed by atoms with van der Waals surface area (Å²) in [6.45, 7) is 0. The number of nitrogen functional groups attached to an aromatic ring is 1. The summed E-state index contributed by atoms with van der Waals surface area (Å²) in [5, 5.41) is 1.66. The van der Waals surface area contributed by atoms with Gasteiger partial charge in [-0.15, -0.1) is 0 Å². The fraction of sp³-hybridized carbons (Fsp3) is 0. The van der Waals surface area contributed by atoms with E-state index in [4.69, 9.17) is 5.73 Å². The van der Waals surface area contributed by atoms with Crippen LogP contribution in [0.3, 0.4) is 0 Å². The second-order valence-corrected chi connectivity index (χ2v) is 4.74. The molecule has 76 valence electrons. The Morgan fingerprint density at radius 1 is 1.27 bits per heavy atom. The second-order valence-electron chi connectivity index (χ2n) is 2.82. The van der Waals surface area contributed by atoms with E-state index in [0.717, 1.165) is 14.5 Å². The fourth-order valence-corrected chi connectivity index (χ4v) is 2.12. The third kappa shape index (κ3) is 2.70. The molecule has 0 radical (unpaired) electrons. The van der Waals surface area contributed by atoms with Gasteiger partial charge in [-0.1, -0.05) is 6.07 Å². The summed E-state index contributed by atoms with van der Waals surface area (Å²) in [6.07, 6.45) is 3.47. The van der Waals surface area contributed by atoms with Crippen LogP contribution in [0, 0.1) is 0 Å². The van der Waals surface area contributed by atoms with Crippen LogP contribution in [0.4, 0.5) is 5.69 Å². The third-order valence-corrected chi connectivity index (χ3v) is 3.10. The summed E-state index contributed by atoms with van der Waals surface area (Å²) in [5.74, 6) is 0. The number of pyridine rings is 2. The molecule has 0 aromatic carbocycles. The van der Waals surface area contributed by atoms with Crippen molar-refractivity contribution in [2.75, 3.05) is 5.73 Å². The maximum atomic E-state index is 5.83. The van der Waals surface area contributed by atoms with Crippen molar-refractivity contribution in [2.24, 2.45) is 0 Å². The highest BCUT2D eigenvalue weighted by atomic mass is 79.9. The molecule has 0 fully saturated rings. The maximum Gasteiger partial charge on any atom is 0.125 e. The van der Waals surface area contributed by atoms with E-state index in [9.17, 15) is 0 Å². The van der Waals surface area contributed by atoms with Gasteiger partial charge < -0.3 is 5.73 Å². The molecule has 2 N–H and O–H groups in total. The number of hydrogen-bond acceptors (Lipinski definition) is 4. The van der Waals surface area contributed by atoms with Gasteiger partial charge in [0.15, 0.2) is 0 Å². The number of nitrogens with two attached hydrogens (primary N) is 1. The van der Waals surface area contributed by atoms with Gasteiger partial charge in [0.2, 0.25) is 0 Å². The van der Waals surface area contributed by atoms with E-state index in [1.54, 1.807) is 12.4 Å². The van der Waals surface area contributed by atoms with Crippen LogP contribution in [0.2, 0.25) is 0 Å². The normalized spacial score (nSPS) is 10.2. The quantitative estimate of drug-likeness (QED) is 0.920. The molecule has 5 heteroatoms. The number of aromatic nitrogens is 2. The largest absolute Gasteiger partial charge is 0.397 e. The molecule has 0 saturated heterocycles. The lowest BCUT2D eigenvalue weighted by atomic mass is 10.4. The van der Waals surface area contributed by atoms with Crippen LogP contribution < -0.4 is 5.73 Å². The van der Waals surface area contributed by atoms with Gasteiger partial charge in [0.05, 0.1) is 5.69 Å². The van der Waals surface area contributed by atoms with Crippen LogP contribution in [0.5, 0.6) is 0 Å². The van der Waals surface area contributed by atoms with Crippen LogP contribution in [0.1, 0.15) is 0 Å². The summed E-state index contributed by atoms with van der Waals surface area (Å²) >= 11 is 4.77. The van der Waals surface area contributed by atoms with E-state index in [2.05, 4.69) is 25.9 Å². The van der Waals surface area contributed by atoms with Crippen LogP contribution in [0.15, 0.2) is 51.2 Å². The number of halogens is 1. The van der Waals surface area contributed by atoms with Crippen molar-refractivity contribution in [1.29, 1.82) is 0 Å². The van der Waals surface area contributed by atoms with Crippen molar-refractivity contribution in [3.63, 3.8) is 0 Å². The Morgan fingerprint density at radius 3 is 2.80 bits per heavy atom. The maximum absolute atomic E-state index is 5.83. The Hall–Kier alpha value is -1.07. The first-order chi connectivity index (χ1) is 7.25. The third-order valence-electron chi connectivity index (χ3n) is 1.68. The molecule has 0 atom stereocenters.